The van der Waals surface area contributed by atoms with E-state index in [1.54, 1.807) is 29.9 Å². The minimum Gasteiger partial charge on any atom is -0.493 e. The Morgan fingerprint density at radius 3 is 2.67 bits per heavy atom. The van der Waals surface area contributed by atoms with Gasteiger partial charge in [-0.1, -0.05) is 0 Å². The third kappa shape index (κ3) is 4.73. The maximum Gasteiger partial charge on any atom is 0.255 e. The molecule has 27 heavy (non-hydrogen) atoms. The van der Waals surface area contributed by atoms with Gasteiger partial charge in [-0.15, -0.1) is 11.3 Å². The van der Waals surface area contributed by atoms with Gasteiger partial charge in [0, 0.05) is 25.0 Å². The molecule has 0 spiro atoms. The molecule has 1 aromatic carbocycles. The van der Waals surface area contributed by atoms with Crippen LogP contribution in [0.15, 0.2) is 47.4 Å². The zero-order chi connectivity index (χ0) is 19.2. The molecule has 1 N–H and O–H groups in total. The second kappa shape index (κ2) is 8.50. The second-order valence-electron chi connectivity index (χ2n) is 5.89. The zero-order valence-electron chi connectivity index (χ0n) is 15.3. The lowest BCUT2D eigenvalue weighted by molar-refractivity contribution is 0.102. The molecule has 3 aromatic rings. The topological polar surface area (TPSA) is 76.6 Å². The van der Waals surface area contributed by atoms with Crippen molar-refractivity contribution >= 4 is 28.7 Å². The number of thiazole rings is 1. The number of hydrogen-bond donors (Lipinski definition) is 1. The molecule has 140 valence electrons. The third-order valence-corrected chi connectivity index (χ3v) is 4.38. The molecule has 2 aromatic heterocycles. The molecule has 0 fully saturated rings. The first-order valence-electron chi connectivity index (χ1n) is 8.19. The molecule has 0 saturated carbocycles. The van der Waals surface area contributed by atoms with Crippen LogP contribution in [-0.2, 0) is 6.61 Å². The van der Waals surface area contributed by atoms with Gasteiger partial charge in [0.15, 0.2) is 11.5 Å². The van der Waals surface area contributed by atoms with Gasteiger partial charge in [-0.05, 0) is 30.3 Å². The first-order valence-corrected chi connectivity index (χ1v) is 9.13. The smallest absolute Gasteiger partial charge is 0.255 e. The molecule has 8 heteroatoms. The highest BCUT2D eigenvalue weighted by Crippen LogP contribution is 2.29. The first-order chi connectivity index (χ1) is 13.1. The predicted molar refractivity (Wildman–Crippen MR) is 106 cm³/mol. The SMILES string of the molecule is COc1cc(C(=O)Nc2ccc(N(C)C)nc2)ccc1OCc1cscn1. The number of aromatic nitrogens is 2. The largest absolute Gasteiger partial charge is 0.493 e. The van der Waals surface area contributed by atoms with Crippen molar-refractivity contribution in [2.45, 2.75) is 6.61 Å². The minimum absolute atomic E-state index is 0.251. The van der Waals surface area contributed by atoms with E-state index in [-0.39, 0.29) is 5.91 Å². The molecular formula is C19H20N4O3S. The van der Waals surface area contributed by atoms with E-state index in [9.17, 15) is 4.79 Å². The Balaban J connectivity index is 1.69. The maximum absolute atomic E-state index is 12.5. The van der Waals surface area contributed by atoms with Crippen molar-refractivity contribution in [2.75, 3.05) is 31.4 Å². The molecule has 0 aliphatic heterocycles. The average Bonchev–Trinajstić information content (AvgIpc) is 3.20. The van der Waals surface area contributed by atoms with Gasteiger partial charge < -0.3 is 19.7 Å². The monoisotopic (exact) mass is 384 g/mol. The number of amides is 1. The number of rotatable bonds is 7. The molecule has 0 unspecified atom stereocenters. The van der Waals surface area contributed by atoms with Crippen LogP contribution in [0.1, 0.15) is 16.1 Å². The molecule has 0 saturated heterocycles. The van der Waals surface area contributed by atoms with Gasteiger partial charge in [-0.3, -0.25) is 4.79 Å². The Kier molecular flexibility index (Phi) is 5.87. The van der Waals surface area contributed by atoms with E-state index in [0.29, 0.717) is 29.4 Å². The molecule has 0 radical (unpaired) electrons. The summed E-state index contributed by atoms with van der Waals surface area (Å²) in [7, 11) is 5.35. The molecule has 3 rings (SSSR count). The molecule has 0 bridgehead atoms. The first kappa shape index (κ1) is 18.7. The maximum atomic E-state index is 12.5. The van der Waals surface area contributed by atoms with E-state index in [1.165, 1.54) is 18.4 Å². The van der Waals surface area contributed by atoms with Crippen LogP contribution in [-0.4, -0.2) is 37.1 Å². The van der Waals surface area contributed by atoms with Crippen LogP contribution in [0, 0.1) is 0 Å². The van der Waals surface area contributed by atoms with E-state index >= 15 is 0 Å². The highest BCUT2D eigenvalue weighted by molar-refractivity contribution is 7.07. The van der Waals surface area contributed by atoms with Gasteiger partial charge in [-0.2, -0.15) is 0 Å². The fourth-order valence-electron chi connectivity index (χ4n) is 2.32. The average molecular weight is 384 g/mol. The van der Waals surface area contributed by atoms with Crippen molar-refractivity contribution < 1.29 is 14.3 Å². The third-order valence-electron chi connectivity index (χ3n) is 3.75. The van der Waals surface area contributed by atoms with Crippen molar-refractivity contribution in [3.8, 4) is 11.5 Å². The number of methoxy groups -OCH3 is 1. The minimum atomic E-state index is -0.251. The van der Waals surface area contributed by atoms with Crippen LogP contribution in [0.4, 0.5) is 11.5 Å². The summed E-state index contributed by atoms with van der Waals surface area (Å²) in [6.07, 6.45) is 1.62. The van der Waals surface area contributed by atoms with Crippen molar-refractivity contribution in [1.29, 1.82) is 0 Å². The Hall–Kier alpha value is -3.13. The lowest BCUT2D eigenvalue weighted by Gasteiger charge is -2.13. The Bertz CT molecular complexity index is 896. The van der Waals surface area contributed by atoms with Crippen LogP contribution < -0.4 is 19.7 Å². The Morgan fingerprint density at radius 2 is 2.04 bits per heavy atom. The van der Waals surface area contributed by atoms with Crippen LogP contribution >= 0.6 is 11.3 Å². The summed E-state index contributed by atoms with van der Waals surface area (Å²) in [6, 6.07) is 8.70. The Labute approximate surface area is 161 Å². The second-order valence-corrected chi connectivity index (χ2v) is 6.61. The normalized spacial score (nSPS) is 10.3. The van der Waals surface area contributed by atoms with Crippen molar-refractivity contribution in [2.24, 2.45) is 0 Å². The molecule has 7 nitrogen and oxygen atoms in total. The van der Waals surface area contributed by atoms with E-state index in [2.05, 4.69) is 15.3 Å². The van der Waals surface area contributed by atoms with Gasteiger partial charge in [0.1, 0.15) is 12.4 Å². The lowest BCUT2D eigenvalue weighted by Crippen LogP contribution is -2.14. The predicted octanol–water partition coefficient (Wildman–Crippen LogP) is 3.44. The molecular weight excluding hydrogens is 364 g/mol. The van der Waals surface area contributed by atoms with E-state index in [1.807, 2.05) is 36.5 Å². The fourth-order valence-corrected chi connectivity index (χ4v) is 2.86. The van der Waals surface area contributed by atoms with Gasteiger partial charge in [0.05, 0.1) is 30.2 Å². The number of carbonyl (C=O) groups excluding carboxylic acids is 1. The standard InChI is InChI=1S/C19H20N4O3S/c1-23(2)18-7-5-14(9-20-18)22-19(24)13-4-6-16(17(8-13)25-3)26-10-15-11-27-12-21-15/h4-9,11-12H,10H2,1-3H3,(H,22,24). The van der Waals surface area contributed by atoms with Gasteiger partial charge in [0.25, 0.3) is 5.91 Å². The summed E-state index contributed by atoms with van der Waals surface area (Å²) in [4.78, 5) is 22.9. The Morgan fingerprint density at radius 1 is 1.19 bits per heavy atom. The highest BCUT2D eigenvalue weighted by Gasteiger charge is 2.12. The number of ether oxygens (including phenoxy) is 2. The van der Waals surface area contributed by atoms with E-state index < -0.39 is 0 Å². The highest BCUT2D eigenvalue weighted by atomic mass is 32.1. The summed E-state index contributed by atoms with van der Waals surface area (Å²) in [5, 5.41) is 4.75. The number of hydrogen-bond acceptors (Lipinski definition) is 7. The van der Waals surface area contributed by atoms with Crippen LogP contribution in [0.3, 0.4) is 0 Å². The summed E-state index contributed by atoms with van der Waals surface area (Å²) in [5.41, 5.74) is 3.68. The van der Waals surface area contributed by atoms with Gasteiger partial charge >= 0.3 is 0 Å². The van der Waals surface area contributed by atoms with Crippen LogP contribution in [0.5, 0.6) is 11.5 Å². The molecule has 0 aliphatic rings. The van der Waals surface area contributed by atoms with Crippen molar-refractivity contribution in [3.63, 3.8) is 0 Å². The summed E-state index contributed by atoms with van der Waals surface area (Å²) in [5.74, 6) is 1.60. The van der Waals surface area contributed by atoms with Crippen molar-refractivity contribution in [3.05, 3.63) is 58.7 Å². The van der Waals surface area contributed by atoms with Crippen LogP contribution in [0.25, 0.3) is 0 Å². The van der Waals surface area contributed by atoms with Crippen LogP contribution in [0.2, 0.25) is 0 Å². The lowest BCUT2D eigenvalue weighted by atomic mass is 10.2. The van der Waals surface area contributed by atoms with Crippen molar-refractivity contribution in [1.82, 2.24) is 9.97 Å². The number of nitrogens with one attached hydrogen (secondary N) is 1. The summed E-state index contributed by atoms with van der Waals surface area (Å²) >= 11 is 1.51. The fraction of sp³-hybridized carbons (Fsp3) is 0.211. The van der Waals surface area contributed by atoms with Gasteiger partial charge in [-0.25, -0.2) is 9.97 Å². The number of benzene rings is 1. The number of anilines is 2. The van der Waals surface area contributed by atoms with E-state index in [4.69, 9.17) is 9.47 Å². The van der Waals surface area contributed by atoms with E-state index in [0.717, 1.165) is 11.5 Å². The zero-order valence-corrected chi connectivity index (χ0v) is 16.1. The summed E-state index contributed by atoms with van der Waals surface area (Å²) in [6.45, 7) is 0.343. The summed E-state index contributed by atoms with van der Waals surface area (Å²) < 4.78 is 11.1. The van der Waals surface area contributed by atoms with Gasteiger partial charge in [0.2, 0.25) is 0 Å². The molecule has 2 heterocycles. The number of carbonyl (C=O) groups is 1. The quantitative estimate of drug-likeness (QED) is 0.672. The number of pyridine rings is 1. The molecule has 1 amide bonds. The molecule has 0 atom stereocenters. The number of nitrogens with zero attached hydrogens (tertiary/aromatic N) is 3. The molecule has 0 aliphatic carbocycles.